The van der Waals surface area contributed by atoms with Crippen molar-refractivity contribution < 1.29 is 4.79 Å². The number of piperidine rings is 1. The molecule has 4 rings (SSSR count). The summed E-state index contributed by atoms with van der Waals surface area (Å²) in [5.41, 5.74) is 1.19. The van der Waals surface area contributed by atoms with Crippen LogP contribution in [0.1, 0.15) is 38.2 Å². The number of carbonyl (C=O) groups excluding carboxylic acids is 1. The van der Waals surface area contributed by atoms with E-state index in [-0.39, 0.29) is 24.1 Å². The van der Waals surface area contributed by atoms with Crippen molar-refractivity contribution in [1.29, 1.82) is 0 Å². The summed E-state index contributed by atoms with van der Waals surface area (Å²) in [5.74, 6) is -0.0668. The molecule has 1 amide bonds. The van der Waals surface area contributed by atoms with Crippen LogP contribution >= 0.6 is 0 Å². The highest BCUT2D eigenvalue weighted by Gasteiger charge is 2.26. The quantitative estimate of drug-likeness (QED) is 0.669. The Balaban J connectivity index is 1.85. The fourth-order valence-corrected chi connectivity index (χ4v) is 4.37. The number of fused-ring (bicyclic) bond motifs is 1. The van der Waals surface area contributed by atoms with Crippen LogP contribution in [0.15, 0.2) is 58.1 Å². The molecule has 1 aliphatic heterocycles. The van der Waals surface area contributed by atoms with Crippen LogP contribution in [0, 0.1) is 6.92 Å². The lowest BCUT2D eigenvalue weighted by Gasteiger charge is -2.35. The van der Waals surface area contributed by atoms with Crippen molar-refractivity contribution in [3.8, 4) is 5.69 Å². The number of likely N-dealkylation sites (tertiary alicyclic amines) is 1. The molecule has 1 atom stereocenters. The van der Waals surface area contributed by atoms with Crippen LogP contribution in [0.2, 0.25) is 0 Å². The summed E-state index contributed by atoms with van der Waals surface area (Å²) >= 11 is 0. The van der Waals surface area contributed by atoms with Crippen LogP contribution in [0.3, 0.4) is 0 Å². The maximum Gasteiger partial charge on any atom is 0.336 e. The minimum absolute atomic E-state index is 0.0668. The molecule has 1 aromatic heterocycles. The third-order valence-electron chi connectivity index (χ3n) is 6.05. The zero-order chi connectivity index (χ0) is 21.3. The molecule has 0 bridgehead atoms. The van der Waals surface area contributed by atoms with Crippen molar-refractivity contribution in [2.24, 2.45) is 0 Å². The number of carbonyl (C=O) groups is 1. The van der Waals surface area contributed by atoms with Crippen LogP contribution in [-0.2, 0) is 11.3 Å². The van der Waals surface area contributed by atoms with Gasteiger partial charge in [-0.25, -0.2) is 9.36 Å². The predicted octanol–water partition coefficient (Wildman–Crippen LogP) is 3.25. The van der Waals surface area contributed by atoms with Gasteiger partial charge in [-0.2, -0.15) is 0 Å². The molecule has 3 aromatic rings. The standard InChI is InChI=1S/C24H27N3O3/c1-3-18-8-6-7-15-25(18)22(28)16-26-21-10-5-4-9-20(21)23(29)27(24(26)30)19-13-11-17(2)12-14-19/h4-5,9-14,18H,3,6-8,15-16H2,1-2H3/t18-/m0/s1. The molecule has 0 radical (unpaired) electrons. The highest BCUT2D eigenvalue weighted by Crippen LogP contribution is 2.20. The Morgan fingerprint density at radius 2 is 1.77 bits per heavy atom. The Kier molecular flexibility index (Phi) is 5.57. The second kappa shape index (κ2) is 8.30. The van der Waals surface area contributed by atoms with E-state index in [1.807, 2.05) is 24.0 Å². The number of para-hydroxylation sites is 1. The maximum atomic E-state index is 13.4. The Morgan fingerprint density at radius 1 is 1.03 bits per heavy atom. The highest BCUT2D eigenvalue weighted by molar-refractivity contribution is 5.82. The minimum Gasteiger partial charge on any atom is -0.338 e. The summed E-state index contributed by atoms with van der Waals surface area (Å²) in [6, 6.07) is 14.5. The molecule has 0 N–H and O–H groups in total. The second-order valence-corrected chi connectivity index (χ2v) is 8.01. The summed E-state index contributed by atoms with van der Waals surface area (Å²) in [7, 11) is 0. The predicted molar refractivity (Wildman–Crippen MR) is 118 cm³/mol. The van der Waals surface area contributed by atoms with Crippen LogP contribution in [0.4, 0.5) is 0 Å². The Morgan fingerprint density at radius 3 is 2.50 bits per heavy atom. The van der Waals surface area contributed by atoms with Crippen molar-refractivity contribution in [2.45, 2.75) is 52.1 Å². The van der Waals surface area contributed by atoms with Crippen molar-refractivity contribution in [3.63, 3.8) is 0 Å². The van der Waals surface area contributed by atoms with Gasteiger partial charge in [0, 0.05) is 12.6 Å². The van der Waals surface area contributed by atoms with E-state index >= 15 is 0 Å². The van der Waals surface area contributed by atoms with Crippen LogP contribution in [0.25, 0.3) is 16.6 Å². The van der Waals surface area contributed by atoms with E-state index in [0.717, 1.165) is 37.8 Å². The van der Waals surface area contributed by atoms with Crippen molar-refractivity contribution in [3.05, 3.63) is 74.9 Å². The molecule has 6 heteroatoms. The van der Waals surface area contributed by atoms with Crippen LogP contribution < -0.4 is 11.2 Å². The average molecular weight is 405 g/mol. The molecule has 1 saturated heterocycles. The topological polar surface area (TPSA) is 64.3 Å². The molecule has 0 aliphatic carbocycles. The van der Waals surface area contributed by atoms with Gasteiger partial charge in [-0.1, -0.05) is 36.8 Å². The number of nitrogens with zero attached hydrogens (tertiary/aromatic N) is 3. The van der Waals surface area contributed by atoms with Crippen molar-refractivity contribution in [2.75, 3.05) is 6.54 Å². The van der Waals surface area contributed by atoms with Gasteiger partial charge in [-0.3, -0.25) is 14.2 Å². The summed E-state index contributed by atoms with van der Waals surface area (Å²) in [6.45, 7) is 4.70. The van der Waals surface area contributed by atoms with Gasteiger partial charge in [0.1, 0.15) is 6.54 Å². The number of hydrogen-bond acceptors (Lipinski definition) is 3. The van der Waals surface area contributed by atoms with Gasteiger partial charge in [-0.15, -0.1) is 0 Å². The molecule has 156 valence electrons. The zero-order valence-corrected chi connectivity index (χ0v) is 17.5. The first-order chi connectivity index (χ1) is 14.5. The number of benzene rings is 2. The van der Waals surface area contributed by atoms with Gasteiger partial charge in [0.05, 0.1) is 16.6 Å². The van der Waals surface area contributed by atoms with Gasteiger partial charge in [0.2, 0.25) is 5.91 Å². The molecule has 0 saturated carbocycles. The van der Waals surface area contributed by atoms with Gasteiger partial charge < -0.3 is 4.90 Å². The fraction of sp³-hybridized carbons (Fsp3) is 0.375. The number of aryl methyl sites for hydroxylation is 1. The lowest BCUT2D eigenvalue weighted by Crippen LogP contribution is -2.47. The van der Waals surface area contributed by atoms with E-state index in [1.165, 1.54) is 9.13 Å². The van der Waals surface area contributed by atoms with Gasteiger partial charge in [0.25, 0.3) is 5.56 Å². The summed E-state index contributed by atoms with van der Waals surface area (Å²) < 4.78 is 2.61. The van der Waals surface area contributed by atoms with E-state index in [9.17, 15) is 14.4 Å². The minimum atomic E-state index is -0.485. The molecule has 0 spiro atoms. The highest BCUT2D eigenvalue weighted by atomic mass is 16.2. The first kappa shape index (κ1) is 20.1. The van der Waals surface area contributed by atoms with Crippen LogP contribution in [0.5, 0.6) is 0 Å². The fourth-order valence-electron chi connectivity index (χ4n) is 4.37. The molecule has 6 nitrogen and oxygen atoms in total. The lowest BCUT2D eigenvalue weighted by atomic mass is 10.00. The molecule has 2 aromatic carbocycles. The number of hydrogen-bond donors (Lipinski definition) is 0. The maximum absolute atomic E-state index is 13.4. The molecule has 1 aliphatic rings. The summed E-state index contributed by atoms with van der Waals surface area (Å²) in [5, 5.41) is 0.427. The third-order valence-corrected chi connectivity index (χ3v) is 6.05. The Labute approximate surface area is 175 Å². The molecular weight excluding hydrogens is 378 g/mol. The van der Waals surface area contributed by atoms with Crippen molar-refractivity contribution >= 4 is 16.8 Å². The van der Waals surface area contributed by atoms with Crippen LogP contribution in [-0.4, -0.2) is 32.5 Å². The second-order valence-electron chi connectivity index (χ2n) is 8.01. The number of rotatable bonds is 4. The van der Waals surface area contributed by atoms with E-state index in [0.29, 0.717) is 16.6 Å². The van der Waals surface area contributed by atoms with Crippen molar-refractivity contribution in [1.82, 2.24) is 14.0 Å². The number of amides is 1. The van der Waals surface area contributed by atoms with E-state index in [2.05, 4.69) is 6.92 Å². The monoisotopic (exact) mass is 405 g/mol. The SMILES string of the molecule is CC[C@H]1CCCCN1C(=O)Cn1c(=O)n(-c2ccc(C)cc2)c(=O)c2ccccc21. The first-order valence-electron chi connectivity index (χ1n) is 10.6. The largest absolute Gasteiger partial charge is 0.338 e. The summed E-state index contributed by atoms with van der Waals surface area (Å²) in [6.07, 6.45) is 4.02. The number of aromatic nitrogens is 2. The smallest absolute Gasteiger partial charge is 0.336 e. The van der Waals surface area contributed by atoms with Gasteiger partial charge in [0.15, 0.2) is 0 Å². The molecule has 2 heterocycles. The molecular formula is C24H27N3O3. The van der Waals surface area contributed by atoms with E-state index < -0.39 is 5.69 Å². The van der Waals surface area contributed by atoms with Gasteiger partial charge in [-0.05, 0) is 56.9 Å². The lowest BCUT2D eigenvalue weighted by molar-refractivity contribution is -0.135. The molecule has 1 fully saturated rings. The molecule has 30 heavy (non-hydrogen) atoms. The van der Waals surface area contributed by atoms with E-state index in [4.69, 9.17) is 0 Å². The Hall–Kier alpha value is -3.15. The summed E-state index contributed by atoms with van der Waals surface area (Å²) in [4.78, 5) is 41.6. The molecule has 0 unspecified atom stereocenters. The zero-order valence-electron chi connectivity index (χ0n) is 17.5. The normalized spacial score (nSPS) is 16.7. The Bertz CT molecular complexity index is 1190. The van der Waals surface area contributed by atoms with Gasteiger partial charge >= 0.3 is 5.69 Å². The third kappa shape index (κ3) is 3.58. The van der Waals surface area contributed by atoms with E-state index in [1.54, 1.807) is 36.4 Å². The first-order valence-corrected chi connectivity index (χ1v) is 10.6. The average Bonchev–Trinajstić information content (AvgIpc) is 2.77.